The average Bonchev–Trinajstić information content (AvgIpc) is 2.18. The quantitative estimate of drug-likeness (QED) is 0.598. The molecule has 0 aromatic heterocycles. The topological polar surface area (TPSA) is 3.24 Å². The molecule has 1 rings (SSSR count). The zero-order valence-electron chi connectivity index (χ0n) is 8.54. The van der Waals surface area contributed by atoms with E-state index in [4.69, 9.17) is 0 Å². The maximum absolute atomic E-state index is 2.98. The third-order valence-electron chi connectivity index (χ3n) is 1.53. The largest absolute Gasteiger partial charge is 0.298 e. The predicted molar refractivity (Wildman–Crippen MR) is 59.7 cm³/mol. The van der Waals surface area contributed by atoms with Crippen LogP contribution in [0.1, 0.15) is 5.56 Å². The summed E-state index contributed by atoms with van der Waals surface area (Å²) in [5.74, 6) is 11.6. The smallest absolute Gasteiger partial charge is 0.0606 e. The Morgan fingerprint density at radius 1 is 1.07 bits per heavy atom. The second kappa shape index (κ2) is 5.86. The molecule has 0 aliphatic heterocycles. The van der Waals surface area contributed by atoms with Gasteiger partial charge in [0.05, 0.1) is 6.54 Å². The van der Waals surface area contributed by atoms with E-state index in [-0.39, 0.29) is 0 Å². The highest BCUT2D eigenvalue weighted by Gasteiger charge is 1.80. The van der Waals surface area contributed by atoms with Gasteiger partial charge in [-0.15, -0.1) is 0 Å². The van der Waals surface area contributed by atoms with Gasteiger partial charge in [0.1, 0.15) is 0 Å². The summed E-state index contributed by atoms with van der Waals surface area (Å²) in [4.78, 5) is 2.01. The predicted octanol–water partition coefficient (Wildman–Crippen LogP) is 1.60. The van der Waals surface area contributed by atoms with Crippen LogP contribution in [0.25, 0.3) is 0 Å². The Morgan fingerprint density at radius 3 is 2.43 bits per heavy atom. The molecule has 14 heavy (non-hydrogen) atoms. The van der Waals surface area contributed by atoms with E-state index in [1.165, 1.54) is 0 Å². The van der Waals surface area contributed by atoms with Gasteiger partial charge >= 0.3 is 0 Å². The second-order valence-corrected chi connectivity index (χ2v) is 3.16. The molecule has 0 heterocycles. The third-order valence-corrected chi connectivity index (χ3v) is 1.53. The highest BCUT2D eigenvalue weighted by atomic mass is 15.0. The normalized spacial score (nSPS) is 8.50. The van der Waals surface area contributed by atoms with E-state index >= 15 is 0 Å². The molecular weight excluding hydrogens is 170 g/mol. The van der Waals surface area contributed by atoms with E-state index < -0.39 is 0 Å². The monoisotopic (exact) mass is 183 g/mol. The summed E-state index contributed by atoms with van der Waals surface area (Å²) in [6, 6.07) is 9.86. The van der Waals surface area contributed by atoms with Crippen LogP contribution in [0.3, 0.4) is 0 Å². The lowest BCUT2D eigenvalue weighted by molar-refractivity contribution is 0.464. The third kappa shape index (κ3) is 4.36. The first-order valence-electron chi connectivity index (χ1n) is 4.47. The first-order chi connectivity index (χ1) is 6.79. The molecule has 0 radical (unpaired) electrons. The van der Waals surface area contributed by atoms with Gasteiger partial charge in [-0.2, -0.15) is 0 Å². The van der Waals surface area contributed by atoms with Gasteiger partial charge in [-0.1, -0.05) is 30.0 Å². The van der Waals surface area contributed by atoms with Gasteiger partial charge in [-0.25, -0.2) is 0 Å². The van der Waals surface area contributed by atoms with Crippen molar-refractivity contribution in [2.24, 2.45) is 0 Å². The van der Waals surface area contributed by atoms with Crippen molar-refractivity contribution in [3.63, 3.8) is 0 Å². The molecule has 70 valence electrons. The van der Waals surface area contributed by atoms with Crippen molar-refractivity contribution in [3.05, 3.63) is 35.9 Å². The summed E-state index contributed by atoms with van der Waals surface area (Å²) in [5, 5.41) is 0. The number of nitrogens with zero attached hydrogens (tertiary/aromatic N) is 1. The molecule has 0 saturated heterocycles. The summed E-state index contributed by atoms with van der Waals surface area (Å²) in [5.41, 5.74) is 1.01. The lowest BCUT2D eigenvalue weighted by atomic mass is 10.2. The molecule has 0 atom stereocenters. The minimum Gasteiger partial charge on any atom is -0.298 e. The molecule has 0 bridgehead atoms. The zero-order valence-corrected chi connectivity index (χ0v) is 8.54. The molecule has 0 fully saturated rings. The zero-order chi connectivity index (χ0) is 10.2. The van der Waals surface area contributed by atoms with E-state index in [9.17, 15) is 0 Å². The van der Waals surface area contributed by atoms with Crippen molar-refractivity contribution >= 4 is 0 Å². The Kier molecular flexibility index (Phi) is 4.35. The highest BCUT2D eigenvalue weighted by molar-refractivity contribution is 5.39. The Hall–Kier alpha value is -1.70. The molecule has 1 heteroatoms. The van der Waals surface area contributed by atoms with E-state index in [2.05, 4.69) is 23.7 Å². The van der Waals surface area contributed by atoms with Crippen LogP contribution in [0.2, 0.25) is 0 Å². The minimum absolute atomic E-state index is 0.753. The number of rotatable bonds is 1. The Labute approximate surface area is 85.7 Å². The van der Waals surface area contributed by atoms with Crippen molar-refractivity contribution in [1.82, 2.24) is 4.90 Å². The summed E-state index contributed by atoms with van der Waals surface area (Å²) in [7, 11) is 3.97. The van der Waals surface area contributed by atoms with E-state index in [0.29, 0.717) is 0 Å². The van der Waals surface area contributed by atoms with Gasteiger partial charge in [0, 0.05) is 5.56 Å². The molecule has 0 amide bonds. The van der Waals surface area contributed by atoms with Gasteiger partial charge in [0.15, 0.2) is 0 Å². The Morgan fingerprint density at radius 2 is 1.79 bits per heavy atom. The Balaban J connectivity index is 2.52. The number of hydrogen-bond donors (Lipinski definition) is 0. The maximum atomic E-state index is 2.98. The molecular formula is C13H13N. The highest BCUT2D eigenvalue weighted by Crippen LogP contribution is 1.93. The van der Waals surface area contributed by atoms with Crippen LogP contribution in [0.15, 0.2) is 30.3 Å². The summed E-state index contributed by atoms with van der Waals surface area (Å²) < 4.78 is 0. The molecule has 0 aliphatic rings. The molecule has 1 aromatic carbocycles. The second-order valence-electron chi connectivity index (χ2n) is 3.16. The standard InChI is InChI=1S/C13H13N/c1-14(2)12-8-4-7-11-13-9-5-3-6-10-13/h3,5-6,9-10H,12H2,1-2H3. The average molecular weight is 183 g/mol. The van der Waals surface area contributed by atoms with Crippen LogP contribution >= 0.6 is 0 Å². The molecule has 0 spiro atoms. The van der Waals surface area contributed by atoms with Crippen molar-refractivity contribution in [2.45, 2.75) is 0 Å². The first-order valence-corrected chi connectivity index (χ1v) is 4.47. The fourth-order valence-corrected chi connectivity index (χ4v) is 0.867. The van der Waals surface area contributed by atoms with Gasteiger partial charge in [0.2, 0.25) is 0 Å². The van der Waals surface area contributed by atoms with Crippen molar-refractivity contribution in [3.8, 4) is 23.7 Å². The SMILES string of the molecule is CN(C)CC#CC#Cc1ccccc1. The lowest BCUT2D eigenvalue weighted by Crippen LogP contribution is -2.10. The van der Waals surface area contributed by atoms with Crippen LogP contribution in [0.4, 0.5) is 0 Å². The summed E-state index contributed by atoms with van der Waals surface area (Å²) >= 11 is 0. The summed E-state index contributed by atoms with van der Waals surface area (Å²) in [6.07, 6.45) is 0. The van der Waals surface area contributed by atoms with E-state index in [0.717, 1.165) is 12.1 Å². The Bertz CT molecular complexity index is 382. The van der Waals surface area contributed by atoms with Crippen LogP contribution in [0.5, 0.6) is 0 Å². The van der Waals surface area contributed by atoms with Crippen LogP contribution in [0, 0.1) is 23.7 Å². The summed E-state index contributed by atoms with van der Waals surface area (Å²) in [6.45, 7) is 0.753. The molecule has 0 aliphatic carbocycles. The number of hydrogen-bond acceptors (Lipinski definition) is 1. The fraction of sp³-hybridized carbons (Fsp3) is 0.231. The van der Waals surface area contributed by atoms with Gasteiger partial charge in [-0.3, -0.25) is 4.90 Å². The van der Waals surface area contributed by atoms with Crippen molar-refractivity contribution in [2.75, 3.05) is 20.6 Å². The van der Waals surface area contributed by atoms with E-state index in [1.807, 2.05) is 49.3 Å². The first kappa shape index (κ1) is 10.4. The van der Waals surface area contributed by atoms with Crippen LogP contribution in [-0.2, 0) is 0 Å². The molecule has 1 nitrogen and oxygen atoms in total. The molecule has 1 aromatic rings. The van der Waals surface area contributed by atoms with E-state index in [1.54, 1.807) is 0 Å². The van der Waals surface area contributed by atoms with Crippen LogP contribution in [-0.4, -0.2) is 25.5 Å². The van der Waals surface area contributed by atoms with Crippen LogP contribution < -0.4 is 0 Å². The van der Waals surface area contributed by atoms with Crippen molar-refractivity contribution in [1.29, 1.82) is 0 Å². The maximum Gasteiger partial charge on any atom is 0.0606 e. The molecule has 0 unspecified atom stereocenters. The minimum atomic E-state index is 0.753. The van der Waals surface area contributed by atoms with Gasteiger partial charge in [-0.05, 0) is 38.1 Å². The molecule has 0 saturated carbocycles. The number of benzene rings is 1. The molecule has 0 N–H and O–H groups in total. The lowest BCUT2D eigenvalue weighted by Gasteiger charge is -1.99. The van der Waals surface area contributed by atoms with Crippen molar-refractivity contribution < 1.29 is 0 Å². The fourth-order valence-electron chi connectivity index (χ4n) is 0.867. The van der Waals surface area contributed by atoms with Gasteiger partial charge < -0.3 is 0 Å². The van der Waals surface area contributed by atoms with Gasteiger partial charge in [0.25, 0.3) is 0 Å².